The zero-order valence-electron chi connectivity index (χ0n) is 15.2. The molecule has 5 heteroatoms. The van der Waals surface area contributed by atoms with E-state index >= 15 is 0 Å². The molecule has 0 bridgehead atoms. The lowest BCUT2D eigenvalue weighted by molar-refractivity contribution is -0.141. The van der Waals surface area contributed by atoms with E-state index in [1.54, 1.807) is 0 Å². The normalized spacial score (nSPS) is 12.6. The molecule has 2 nitrogen and oxygen atoms in total. The molecular weight excluding hydrogens is 512 g/mol. The third kappa shape index (κ3) is 18.7. The summed E-state index contributed by atoms with van der Waals surface area (Å²) < 4.78 is 4.16. The van der Waals surface area contributed by atoms with Crippen molar-refractivity contribution in [3.63, 3.8) is 0 Å². The number of esters is 1. The Hall–Kier alpha value is 0.130. The molecule has 0 spiro atoms. The number of allylic oxidation sites excluding steroid dienone is 6. The Labute approximate surface area is 178 Å². The second-order valence-electron chi connectivity index (χ2n) is 5.86. The second-order valence-corrected chi connectivity index (χ2v) is 12.6. The largest absolute Gasteiger partial charge is 0.463 e. The Balaban J connectivity index is 3.41. The van der Waals surface area contributed by atoms with Crippen molar-refractivity contribution in [3.05, 3.63) is 36.5 Å². The lowest BCUT2D eigenvalue weighted by Crippen LogP contribution is -2.20. The predicted octanol–water partition coefficient (Wildman–Crippen LogP) is 7.96. The minimum atomic E-state index is -0.950. The molecule has 0 aromatic rings. The minimum Gasteiger partial charge on any atom is -0.463 e. The van der Waals surface area contributed by atoms with Crippen molar-refractivity contribution in [3.8, 4) is 0 Å². The molecule has 0 aliphatic rings. The summed E-state index contributed by atoms with van der Waals surface area (Å²) >= 11 is 9.40. The van der Waals surface area contributed by atoms with Crippen molar-refractivity contribution in [2.45, 2.75) is 73.3 Å². The first-order valence-electron chi connectivity index (χ1n) is 9.17. The van der Waals surface area contributed by atoms with E-state index in [4.69, 9.17) is 4.74 Å². The van der Waals surface area contributed by atoms with Crippen LogP contribution in [0.3, 0.4) is 0 Å². The van der Waals surface area contributed by atoms with Crippen LogP contribution in [-0.2, 0) is 9.53 Å². The van der Waals surface area contributed by atoms with Crippen molar-refractivity contribution in [1.29, 1.82) is 0 Å². The molecule has 0 amide bonds. The summed E-state index contributed by atoms with van der Waals surface area (Å²) in [4.78, 5) is 11.4. The molecule has 0 aromatic carbocycles. The standard InChI is InChI=1S/C20H31Br3O2/c1-2-3-4-5-6-7-8-9-10-11-12-13-14-15-16-17-18-25-19(24)20(21,22)23/h6-7,9-10,12-13H,2-5,8,11,14-18H2,1H3. The molecule has 144 valence electrons. The Morgan fingerprint density at radius 2 is 1.32 bits per heavy atom. The van der Waals surface area contributed by atoms with Gasteiger partial charge in [0.15, 0.2) is 0 Å². The summed E-state index contributed by atoms with van der Waals surface area (Å²) in [7, 11) is 0. The van der Waals surface area contributed by atoms with Crippen molar-refractivity contribution in [1.82, 2.24) is 0 Å². The highest BCUT2D eigenvalue weighted by atomic mass is 80.0. The zero-order chi connectivity index (χ0) is 18.8. The average Bonchev–Trinajstić information content (AvgIpc) is 2.56. The molecule has 0 aliphatic carbocycles. The summed E-state index contributed by atoms with van der Waals surface area (Å²) in [5.74, 6) is -0.352. The summed E-state index contributed by atoms with van der Waals surface area (Å²) in [5.41, 5.74) is 0. The molecule has 0 radical (unpaired) electrons. The quantitative estimate of drug-likeness (QED) is 0.0963. The third-order valence-electron chi connectivity index (χ3n) is 3.50. The zero-order valence-corrected chi connectivity index (χ0v) is 20.0. The summed E-state index contributed by atoms with van der Waals surface area (Å²) in [6.07, 6.45) is 24.8. The average molecular weight is 543 g/mol. The molecule has 0 aliphatic heterocycles. The van der Waals surface area contributed by atoms with Crippen molar-refractivity contribution in [2.75, 3.05) is 6.61 Å². The first-order chi connectivity index (χ1) is 12.0. The van der Waals surface area contributed by atoms with Crippen LogP contribution in [0.25, 0.3) is 0 Å². The summed E-state index contributed by atoms with van der Waals surface area (Å²) in [5, 5.41) is 0. The van der Waals surface area contributed by atoms with E-state index in [0.717, 1.165) is 38.5 Å². The molecule has 0 atom stereocenters. The highest BCUT2D eigenvalue weighted by Gasteiger charge is 2.30. The van der Waals surface area contributed by atoms with Crippen molar-refractivity contribution < 1.29 is 9.53 Å². The van der Waals surface area contributed by atoms with Gasteiger partial charge >= 0.3 is 5.97 Å². The van der Waals surface area contributed by atoms with Crippen LogP contribution in [0.1, 0.15) is 71.1 Å². The van der Waals surface area contributed by atoms with Gasteiger partial charge in [0.05, 0.1) is 6.61 Å². The van der Waals surface area contributed by atoms with Gasteiger partial charge < -0.3 is 4.74 Å². The molecule has 0 saturated carbocycles. The molecule has 0 unspecified atom stereocenters. The van der Waals surface area contributed by atoms with E-state index in [2.05, 4.69) is 91.2 Å². The summed E-state index contributed by atoms with van der Waals surface area (Å²) in [6, 6.07) is 0. The van der Waals surface area contributed by atoms with Gasteiger partial charge in [-0.15, -0.1) is 0 Å². The van der Waals surface area contributed by atoms with Crippen LogP contribution >= 0.6 is 47.8 Å². The van der Waals surface area contributed by atoms with Gasteiger partial charge in [-0.3, -0.25) is 0 Å². The van der Waals surface area contributed by atoms with Gasteiger partial charge in [-0.2, -0.15) is 0 Å². The first-order valence-corrected chi connectivity index (χ1v) is 11.5. The molecule has 25 heavy (non-hydrogen) atoms. The second kappa shape index (κ2) is 17.5. The SMILES string of the molecule is CCCCCC=CCC=CCC=CCCCCCOC(=O)C(Br)(Br)Br. The topological polar surface area (TPSA) is 26.3 Å². The van der Waals surface area contributed by atoms with E-state index < -0.39 is 2.14 Å². The lowest BCUT2D eigenvalue weighted by atomic mass is 10.2. The predicted molar refractivity (Wildman–Crippen MR) is 120 cm³/mol. The number of rotatable bonds is 14. The number of alkyl halides is 3. The van der Waals surface area contributed by atoms with Crippen LogP contribution in [-0.4, -0.2) is 14.7 Å². The van der Waals surface area contributed by atoms with Crippen molar-refractivity contribution in [2.24, 2.45) is 0 Å². The van der Waals surface area contributed by atoms with Gasteiger partial charge in [0.25, 0.3) is 0 Å². The van der Waals surface area contributed by atoms with Crippen LogP contribution in [0, 0.1) is 0 Å². The fraction of sp³-hybridized carbons (Fsp3) is 0.650. The maximum atomic E-state index is 11.4. The van der Waals surface area contributed by atoms with Gasteiger partial charge in [-0.05, 0) is 99.2 Å². The number of carbonyl (C=O) groups excluding carboxylic acids is 1. The van der Waals surface area contributed by atoms with Crippen LogP contribution in [0.5, 0.6) is 0 Å². The maximum absolute atomic E-state index is 11.4. The van der Waals surface area contributed by atoms with E-state index in [1.807, 2.05) is 0 Å². The van der Waals surface area contributed by atoms with Gasteiger partial charge in [-0.1, -0.05) is 56.2 Å². The van der Waals surface area contributed by atoms with E-state index in [1.165, 1.54) is 25.7 Å². The Kier molecular flexibility index (Phi) is 17.6. The van der Waals surface area contributed by atoms with E-state index in [-0.39, 0.29) is 5.97 Å². The summed E-state index contributed by atoms with van der Waals surface area (Å²) in [6.45, 7) is 2.70. The number of hydrogen-bond acceptors (Lipinski definition) is 2. The maximum Gasteiger partial charge on any atom is 0.344 e. The van der Waals surface area contributed by atoms with Gasteiger partial charge in [0, 0.05) is 0 Å². The first kappa shape index (κ1) is 25.1. The lowest BCUT2D eigenvalue weighted by Gasteiger charge is -2.11. The van der Waals surface area contributed by atoms with Gasteiger partial charge in [0.1, 0.15) is 0 Å². The van der Waals surface area contributed by atoms with Crippen LogP contribution in [0.15, 0.2) is 36.5 Å². The molecule has 0 fully saturated rings. The van der Waals surface area contributed by atoms with Crippen LogP contribution in [0.2, 0.25) is 0 Å². The van der Waals surface area contributed by atoms with Crippen LogP contribution < -0.4 is 0 Å². The Bertz CT molecular complexity index is 410. The number of halogens is 3. The van der Waals surface area contributed by atoms with Gasteiger partial charge in [0.2, 0.25) is 2.14 Å². The highest BCUT2D eigenvalue weighted by Crippen LogP contribution is 2.34. The Morgan fingerprint density at radius 3 is 1.84 bits per heavy atom. The molecule has 0 aromatic heterocycles. The number of carbonyl (C=O) groups is 1. The number of hydrogen-bond donors (Lipinski definition) is 0. The number of unbranched alkanes of at least 4 members (excludes halogenated alkanes) is 6. The molecular formula is C20H31Br3O2. The number of ether oxygens (including phenoxy) is 1. The highest BCUT2D eigenvalue weighted by molar-refractivity contribution is 9.40. The Morgan fingerprint density at radius 1 is 0.800 bits per heavy atom. The smallest absolute Gasteiger partial charge is 0.344 e. The van der Waals surface area contributed by atoms with Gasteiger partial charge in [-0.25, -0.2) is 4.79 Å². The molecule has 0 heterocycles. The van der Waals surface area contributed by atoms with E-state index in [9.17, 15) is 4.79 Å². The molecule has 0 N–H and O–H groups in total. The monoisotopic (exact) mass is 540 g/mol. The van der Waals surface area contributed by atoms with Crippen LogP contribution in [0.4, 0.5) is 0 Å². The molecule has 0 rings (SSSR count). The van der Waals surface area contributed by atoms with E-state index in [0.29, 0.717) is 6.61 Å². The fourth-order valence-electron chi connectivity index (χ4n) is 2.08. The van der Waals surface area contributed by atoms with Crippen molar-refractivity contribution >= 4 is 53.8 Å². The minimum absolute atomic E-state index is 0.352. The fourth-order valence-corrected chi connectivity index (χ4v) is 2.42. The third-order valence-corrected chi connectivity index (χ3v) is 4.47. The molecule has 0 saturated heterocycles.